The molecule has 0 amide bonds. The summed E-state index contributed by atoms with van der Waals surface area (Å²) in [7, 11) is 0. The highest BCUT2D eigenvalue weighted by molar-refractivity contribution is 6.25. The van der Waals surface area contributed by atoms with Crippen LogP contribution in [0.4, 0.5) is 17.1 Å². The standard InChI is InChI=1S/C55H39N/c1-55(2)51-25-13-12-22-45(51)50-35-41(31-32-52(50)55)56(53-26-14-18-36-17-6-7-19-42(36)53)40-29-27-38(28-30-40)49-34-39-33-48(37-15-4-3-5-16-37)43-20-8-10-23-46(43)54(39)47-24-11-9-21-44(47)49/h3-35H,1-2H3. The minimum atomic E-state index is -0.0485. The molecule has 0 fully saturated rings. The summed E-state index contributed by atoms with van der Waals surface area (Å²) in [5.41, 5.74) is 13.7. The lowest BCUT2D eigenvalue weighted by Crippen LogP contribution is -2.15. The van der Waals surface area contributed by atoms with E-state index < -0.39 is 0 Å². The number of rotatable bonds is 5. The van der Waals surface area contributed by atoms with Crippen LogP contribution in [0.1, 0.15) is 25.0 Å². The largest absolute Gasteiger partial charge is 0.310 e. The van der Waals surface area contributed by atoms with Gasteiger partial charge >= 0.3 is 0 Å². The Morgan fingerprint density at radius 2 is 0.875 bits per heavy atom. The molecule has 0 bridgehead atoms. The van der Waals surface area contributed by atoms with Crippen LogP contribution < -0.4 is 4.90 Å². The van der Waals surface area contributed by atoms with E-state index in [2.05, 4.69) is 219 Å². The Kier molecular flexibility index (Phi) is 7.28. The zero-order chi connectivity index (χ0) is 37.4. The van der Waals surface area contributed by atoms with Gasteiger partial charge in [0, 0.05) is 22.2 Å². The van der Waals surface area contributed by atoms with Crippen molar-refractivity contribution in [3.8, 4) is 33.4 Å². The summed E-state index contributed by atoms with van der Waals surface area (Å²) in [6, 6.07) is 73.9. The van der Waals surface area contributed by atoms with Gasteiger partial charge in [0.2, 0.25) is 0 Å². The predicted octanol–water partition coefficient (Wildman–Crippen LogP) is 15.4. The second-order valence-corrected chi connectivity index (χ2v) is 15.7. The summed E-state index contributed by atoms with van der Waals surface area (Å²) in [5.74, 6) is 0. The second-order valence-electron chi connectivity index (χ2n) is 15.7. The van der Waals surface area contributed by atoms with Crippen LogP contribution >= 0.6 is 0 Å². The first-order valence-electron chi connectivity index (χ1n) is 19.6. The molecule has 56 heavy (non-hydrogen) atoms. The highest BCUT2D eigenvalue weighted by Crippen LogP contribution is 2.51. The van der Waals surface area contributed by atoms with Crippen LogP contribution in [0.5, 0.6) is 0 Å². The summed E-state index contributed by atoms with van der Waals surface area (Å²) >= 11 is 0. The van der Waals surface area contributed by atoms with Crippen molar-refractivity contribution in [2.24, 2.45) is 0 Å². The fourth-order valence-corrected chi connectivity index (χ4v) is 9.54. The predicted molar refractivity (Wildman–Crippen MR) is 240 cm³/mol. The van der Waals surface area contributed by atoms with Crippen molar-refractivity contribution in [2.75, 3.05) is 4.90 Å². The zero-order valence-corrected chi connectivity index (χ0v) is 31.5. The molecule has 264 valence electrons. The molecule has 10 aromatic carbocycles. The molecule has 0 saturated heterocycles. The van der Waals surface area contributed by atoms with E-state index in [1.807, 2.05) is 0 Å². The van der Waals surface area contributed by atoms with Crippen LogP contribution in [0.3, 0.4) is 0 Å². The van der Waals surface area contributed by atoms with Gasteiger partial charge in [0.05, 0.1) is 5.69 Å². The Hall–Kier alpha value is -6.96. The van der Waals surface area contributed by atoms with Crippen molar-refractivity contribution < 1.29 is 0 Å². The lowest BCUT2D eigenvalue weighted by Gasteiger charge is -2.28. The molecule has 0 heterocycles. The van der Waals surface area contributed by atoms with Gasteiger partial charge in [-0.2, -0.15) is 0 Å². The summed E-state index contributed by atoms with van der Waals surface area (Å²) in [6.07, 6.45) is 0. The van der Waals surface area contributed by atoms with Gasteiger partial charge in [-0.1, -0.05) is 172 Å². The maximum absolute atomic E-state index is 2.44. The third-order valence-corrected chi connectivity index (χ3v) is 12.2. The van der Waals surface area contributed by atoms with Gasteiger partial charge in [0.15, 0.2) is 0 Å². The summed E-state index contributed by atoms with van der Waals surface area (Å²) in [5, 5.41) is 10.1. The fraction of sp³-hybridized carbons (Fsp3) is 0.0545. The fourth-order valence-electron chi connectivity index (χ4n) is 9.54. The molecule has 0 unspecified atom stereocenters. The molecule has 10 aromatic rings. The third kappa shape index (κ3) is 4.94. The second kappa shape index (κ2) is 12.5. The number of benzene rings is 10. The van der Waals surface area contributed by atoms with Crippen molar-refractivity contribution in [3.05, 3.63) is 211 Å². The number of hydrogen-bond donors (Lipinski definition) is 0. The molecular weight excluding hydrogens is 675 g/mol. The van der Waals surface area contributed by atoms with Gasteiger partial charge in [-0.25, -0.2) is 0 Å². The van der Waals surface area contributed by atoms with Crippen LogP contribution in [0.15, 0.2) is 200 Å². The topological polar surface area (TPSA) is 3.24 Å². The molecule has 0 atom stereocenters. The van der Waals surface area contributed by atoms with Crippen LogP contribution in [0.2, 0.25) is 0 Å². The molecule has 0 spiro atoms. The van der Waals surface area contributed by atoms with E-state index in [1.165, 1.54) is 87.6 Å². The molecular formula is C55H39N. The Labute approximate surface area is 327 Å². The van der Waals surface area contributed by atoms with Gasteiger partial charge in [-0.05, 0) is 125 Å². The molecule has 1 aliphatic rings. The van der Waals surface area contributed by atoms with E-state index in [0.29, 0.717) is 0 Å². The quantitative estimate of drug-likeness (QED) is 0.161. The molecule has 11 rings (SSSR count). The Bertz CT molecular complexity index is 3150. The third-order valence-electron chi connectivity index (χ3n) is 12.2. The Balaban J connectivity index is 1.10. The molecule has 0 saturated carbocycles. The van der Waals surface area contributed by atoms with Gasteiger partial charge < -0.3 is 4.90 Å². The smallest absolute Gasteiger partial charge is 0.0540 e. The number of hydrogen-bond acceptors (Lipinski definition) is 1. The average molecular weight is 714 g/mol. The first kappa shape index (κ1) is 32.5. The molecule has 1 heteroatoms. The van der Waals surface area contributed by atoms with Gasteiger partial charge in [0.25, 0.3) is 0 Å². The van der Waals surface area contributed by atoms with Crippen LogP contribution in [0, 0.1) is 0 Å². The van der Waals surface area contributed by atoms with E-state index in [9.17, 15) is 0 Å². The summed E-state index contributed by atoms with van der Waals surface area (Å²) in [4.78, 5) is 2.44. The van der Waals surface area contributed by atoms with Crippen molar-refractivity contribution in [3.63, 3.8) is 0 Å². The van der Waals surface area contributed by atoms with Gasteiger partial charge in [-0.15, -0.1) is 0 Å². The maximum Gasteiger partial charge on any atom is 0.0540 e. The number of fused-ring (bicyclic) bond motifs is 9. The van der Waals surface area contributed by atoms with Crippen LogP contribution in [-0.4, -0.2) is 0 Å². The highest BCUT2D eigenvalue weighted by atomic mass is 15.1. The number of nitrogens with zero attached hydrogens (tertiary/aromatic N) is 1. The van der Waals surface area contributed by atoms with Crippen molar-refractivity contribution in [1.82, 2.24) is 0 Å². The van der Waals surface area contributed by atoms with Crippen molar-refractivity contribution in [1.29, 1.82) is 0 Å². The molecule has 1 nitrogen and oxygen atoms in total. The maximum atomic E-state index is 2.44. The Morgan fingerprint density at radius 3 is 1.59 bits per heavy atom. The minimum Gasteiger partial charge on any atom is -0.310 e. The highest BCUT2D eigenvalue weighted by Gasteiger charge is 2.35. The number of anilines is 3. The van der Waals surface area contributed by atoms with E-state index in [1.54, 1.807) is 0 Å². The van der Waals surface area contributed by atoms with Crippen LogP contribution in [-0.2, 0) is 5.41 Å². The van der Waals surface area contributed by atoms with Crippen molar-refractivity contribution in [2.45, 2.75) is 19.3 Å². The summed E-state index contributed by atoms with van der Waals surface area (Å²) < 4.78 is 0. The molecule has 0 aliphatic heterocycles. The van der Waals surface area contributed by atoms with Crippen LogP contribution in [0.25, 0.3) is 76.5 Å². The lowest BCUT2D eigenvalue weighted by atomic mass is 9.82. The molecule has 0 N–H and O–H groups in total. The monoisotopic (exact) mass is 713 g/mol. The summed E-state index contributed by atoms with van der Waals surface area (Å²) in [6.45, 7) is 4.69. The normalized spacial score (nSPS) is 13.0. The van der Waals surface area contributed by atoms with E-state index in [0.717, 1.165) is 17.1 Å². The van der Waals surface area contributed by atoms with Gasteiger partial charge in [-0.3, -0.25) is 0 Å². The van der Waals surface area contributed by atoms with Gasteiger partial charge in [0.1, 0.15) is 0 Å². The lowest BCUT2D eigenvalue weighted by molar-refractivity contribution is 0.660. The molecule has 1 aliphatic carbocycles. The van der Waals surface area contributed by atoms with E-state index >= 15 is 0 Å². The molecule has 0 radical (unpaired) electrons. The average Bonchev–Trinajstić information content (AvgIpc) is 3.49. The Morgan fingerprint density at radius 1 is 0.339 bits per heavy atom. The first-order valence-corrected chi connectivity index (χ1v) is 19.6. The minimum absolute atomic E-state index is 0.0485. The van der Waals surface area contributed by atoms with E-state index in [-0.39, 0.29) is 5.41 Å². The first-order chi connectivity index (χ1) is 27.5. The van der Waals surface area contributed by atoms with E-state index in [4.69, 9.17) is 0 Å². The zero-order valence-electron chi connectivity index (χ0n) is 31.5. The molecule has 0 aromatic heterocycles. The SMILES string of the molecule is CC1(C)c2ccccc2-c2cc(N(c3ccc(-c4cc5cc(-c6ccccc6)c6ccccc6c5c5ccccc45)cc3)c3cccc4ccccc34)ccc21. The van der Waals surface area contributed by atoms with Crippen molar-refractivity contribution >= 4 is 60.2 Å².